The molecule has 39 heavy (non-hydrogen) atoms. The van der Waals surface area contributed by atoms with Crippen molar-refractivity contribution in [3.8, 4) is 33.8 Å². The lowest BCUT2D eigenvalue weighted by Gasteiger charge is -2.13. The minimum atomic E-state index is 0.0531. The van der Waals surface area contributed by atoms with Crippen molar-refractivity contribution in [2.75, 3.05) is 0 Å². The van der Waals surface area contributed by atoms with E-state index in [1.807, 2.05) is 0 Å². The maximum Gasteiger partial charge on any atom is 0.381 e. The van der Waals surface area contributed by atoms with Crippen molar-refractivity contribution < 1.29 is 13.7 Å². The Morgan fingerprint density at radius 1 is 0.462 bits per heavy atom. The summed E-state index contributed by atoms with van der Waals surface area (Å²) in [5, 5.41) is 0. The van der Waals surface area contributed by atoms with Gasteiger partial charge in [0.25, 0.3) is 0 Å². The third kappa shape index (κ3) is 4.04. The van der Waals surface area contributed by atoms with Gasteiger partial charge in [-0.25, -0.2) is 4.57 Å². The molecule has 4 heterocycles. The molecule has 6 aromatic rings. The fraction of sp³-hybridized carbons (Fsp3) is 0.0833. The Labute approximate surface area is 229 Å². The van der Waals surface area contributed by atoms with E-state index in [1.54, 1.807) is 0 Å². The lowest BCUT2D eigenvalue weighted by Crippen LogP contribution is -2.56. The maximum absolute atomic E-state index is 2.43. The van der Waals surface area contributed by atoms with Gasteiger partial charge in [-0.3, -0.25) is 0 Å². The van der Waals surface area contributed by atoms with Crippen LogP contribution in [0.25, 0.3) is 33.8 Å². The van der Waals surface area contributed by atoms with Gasteiger partial charge < -0.3 is 0 Å². The van der Waals surface area contributed by atoms with Gasteiger partial charge in [0, 0.05) is 47.5 Å². The molecule has 0 bridgehead atoms. The van der Waals surface area contributed by atoms with Gasteiger partial charge in [0.05, 0.1) is 5.56 Å². The van der Waals surface area contributed by atoms with Crippen LogP contribution in [0.1, 0.15) is 22.9 Å². The van der Waals surface area contributed by atoms with Crippen LogP contribution >= 0.6 is 0 Å². The van der Waals surface area contributed by atoms with Crippen molar-refractivity contribution in [3.63, 3.8) is 0 Å². The summed E-state index contributed by atoms with van der Waals surface area (Å²) in [7, 11) is 2.11. The zero-order valence-corrected chi connectivity index (χ0v) is 22.0. The largest absolute Gasteiger partial charge is 0.381 e. The first kappa shape index (κ1) is 23.2. The van der Waals surface area contributed by atoms with Gasteiger partial charge >= 0.3 is 6.17 Å². The molecular weight excluding hydrogens is 474 g/mol. The van der Waals surface area contributed by atoms with Gasteiger partial charge in [-0.15, -0.1) is 9.13 Å². The van der Waals surface area contributed by atoms with Gasteiger partial charge in [0.1, 0.15) is 12.6 Å². The summed E-state index contributed by atoms with van der Waals surface area (Å²) in [5.41, 5.74) is 11.4. The number of fused-ring (bicyclic) bond motifs is 3. The van der Waals surface area contributed by atoms with E-state index < -0.39 is 0 Å². The Hall–Kier alpha value is -4.89. The molecule has 0 saturated carbocycles. The second kappa shape index (κ2) is 9.77. The average molecular weight is 505 g/mol. The van der Waals surface area contributed by atoms with Gasteiger partial charge in [-0.2, -0.15) is 0 Å². The minimum Gasteiger partial charge on any atom is -0.201 e. The Balaban J connectivity index is 1.36. The average Bonchev–Trinajstić information content (AvgIpc) is 3.33. The molecule has 0 fully saturated rings. The summed E-state index contributed by atoms with van der Waals surface area (Å²) >= 11 is 0. The van der Waals surface area contributed by atoms with Crippen LogP contribution in [-0.4, -0.2) is 0 Å². The number of nitrogens with zero attached hydrogens (tertiary/aromatic N) is 3. The van der Waals surface area contributed by atoms with Crippen LogP contribution in [0.2, 0.25) is 0 Å². The zero-order valence-electron chi connectivity index (χ0n) is 22.0. The molecule has 3 nitrogen and oxygen atoms in total. The molecule has 3 heteroatoms. The Bertz CT molecular complexity index is 1780. The monoisotopic (exact) mass is 504 g/mol. The van der Waals surface area contributed by atoms with Crippen LogP contribution in [0.15, 0.2) is 146 Å². The second-order valence-electron chi connectivity index (χ2n) is 10.1. The molecular formula is C36H30N3+3. The molecule has 3 aromatic carbocycles. The van der Waals surface area contributed by atoms with Gasteiger partial charge in [-0.05, 0) is 60.0 Å². The molecule has 1 aliphatic rings. The first-order valence-electron chi connectivity index (χ1n) is 13.5. The first-order valence-corrected chi connectivity index (χ1v) is 13.5. The van der Waals surface area contributed by atoms with Crippen LogP contribution in [0.3, 0.4) is 0 Å². The van der Waals surface area contributed by atoms with Crippen LogP contribution < -0.4 is 13.7 Å². The highest BCUT2D eigenvalue weighted by Gasteiger charge is 2.43. The predicted octanol–water partition coefficient (Wildman–Crippen LogP) is 6.09. The number of rotatable bonds is 5. The molecule has 0 amide bonds. The lowest BCUT2D eigenvalue weighted by molar-refractivity contribution is -0.920. The second-order valence-corrected chi connectivity index (χ2v) is 10.1. The quantitative estimate of drug-likeness (QED) is 0.252. The van der Waals surface area contributed by atoms with Crippen LogP contribution in [0.4, 0.5) is 0 Å². The van der Waals surface area contributed by atoms with Crippen LogP contribution in [0.5, 0.6) is 0 Å². The summed E-state index contributed by atoms with van der Waals surface area (Å²) in [6.07, 6.45) is 7.44. The Kier molecular flexibility index (Phi) is 5.82. The van der Waals surface area contributed by atoms with E-state index in [4.69, 9.17) is 0 Å². The Morgan fingerprint density at radius 3 is 1.56 bits per heavy atom. The highest BCUT2D eigenvalue weighted by Crippen LogP contribution is 2.33. The van der Waals surface area contributed by atoms with E-state index in [1.165, 1.54) is 50.5 Å². The number of benzene rings is 3. The number of aryl methyl sites for hydroxylation is 1. The summed E-state index contributed by atoms with van der Waals surface area (Å²) in [6, 6.07) is 45.8. The van der Waals surface area contributed by atoms with Crippen molar-refractivity contribution in [2.45, 2.75) is 12.6 Å². The molecule has 1 unspecified atom stereocenters. The van der Waals surface area contributed by atoms with Crippen LogP contribution in [-0.2, 0) is 13.5 Å². The molecule has 186 valence electrons. The number of hydrogen-bond donors (Lipinski definition) is 0. The topological polar surface area (TPSA) is 11.6 Å². The summed E-state index contributed by atoms with van der Waals surface area (Å²) in [5.74, 6) is 0. The highest BCUT2D eigenvalue weighted by molar-refractivity contribution is 5.67. The normalized spacial score (nSPS) is 13.6. The third-order valence-electron chi connectivity index (χ3n) is 7.84. The predicted molar refractivity (Wildman–Crippen MR) is 154 cm³/mol. The molecule has 3 aromatic heterocycles. The summed E-state index contributed by atoms with van der Waals surface area (Å²) in [6.45, 7) is 0. The molecule has 1 aliphatic heterocycles. The summed E-state index contributed by atoms with van der Waals surface area (Å²) < 4.78 is 7.01. The standard InChI is InChI=1S/C36H30N3/c1-37-23-11-8-20-33(37)29-16-4-2-14-27(29)26-28-15-3-5-17-30(28)34-21-9-12-24-38(34)36-32-19-7-6-18-31(32)35-22-10-13-25-39(35)36/h2-25,36H,26H2,1H3/q+3. The van der Waals surface area contributed by atoms with Crippen molar-refractivity contribution >= 4 is 0 Å². The summed E-state index contributed by atoms with van der Waals surface area (Å²) in [4.78, 5) is 0. The van der Waals surface area contributed by atoms with E-state index in [2.05, 4.69) is 167 Å². The molecule has 0 radical (unpaired) electrons. The first-order chi connectivity index (χ1) is 19.3. The van der Waals surface area contributed by atoms with Crippen molar-refractivity contribution in [1.82, 2.24) is 0 Å². The van der Waals surface area contributed by atoms with Crippen molar-refractivity contribution in [2.24, 2.45) is 7.05 Å². The number of hydrogen-bond acceptors (Lipinski definition) is 0. The fourth-order valence-electron chi connectivity index (χ4n) is 6.04. The van der Waals surface area contributed by atoms with Gasteiger partial charge in [-0.1, -0.05) is 48.5 Å². The molecule has 0 aliphatic carbocycles. The number of pyridine rings is 3. The smallest absolute Gasteiger partial charge is 0.201 e. The van der Waals surface area contributed by atoms with Crippen molar-refractivity contribution in [3.05, 3.63) is 163 Å². The molecule has 0 spiro atoms. The Morgan fingerprint density at radius 2 is 0.923 bits per heavy atom. The highest BCUT2D eigenvalue weighted by atomic mass is 15.2. The van der Waals surface area contributed by atoms with E-state index >= 15 is 0 Å². The third-order valence-corrected chi connectivity index (χ3v) is 7.84. The molecule has 0 N–H and O–H groups in total. The molecule has 7 rings (SSSR count). The van der Waals surface area contributed by atoms with E-state index in [-0.39, 0.29) is 6.17 Å². The fourth-order valence-corrected chi connectivity index (χ4v) is 6.04. The zero-order chi connectivity index (χ0) is 26.2. The van der Waals surface area contributed by atoms with Gasteiger partial charge in [0.2, 0.25) is 17.1 Å². The molecule has 1 atom stereocenters. The molecule has 0 saturated heterocycles. The maximum atomic E-state index is 2.43. The van der Waals surface area contributed by atoms with Crippen LogP contribution in [0, 0.1) is 0 Å². The van der Waals surface area contributed by atoms with E-state index in [9.17, 15) is 0 Å². The number of aromatic nitrogens is 3. The van der Waals surface area contributed by atoms with E-state index in [0.29, 0.717) is 0 Å². The van der Waals surface area contributed by atoms with E-state index in [0.717, 1.165) is 6.42 Å². The lowest BCUT2D eigenvalue weighted by atomic mass is 9.93. The minimum absolute atomic E-state index is 0.0531. The van der Waals surface area contributed by atoms with Gasteiger partial charge in [0.15, 0.2) is 18.6 Å². The SMILES string of the molecule is C[n+]1ccccc1-c1ccccc1Cc1ccccc1-c1cccc[n+]1C1c2ccccc2-c2cccc[n+]21. The van der Waals surface area contributed by atoms with Crippen molar-refractivity contribution in [1.29, 1.82) is 0 Å².